The van der Waals surface area contributed by atoms with Gasteiger partial charge >= 0.3 is 0 Å². The molecule has 0 aromatic rings. The van der Waals surface area contributed by atoms with Crippen LogP contribution in [0.15, 0.2) is 0 Å². The van der Waals surface area contributed by atoms with Gasteiger partial charge in [0.1, 0.15) is 0 Å². The lowest BCUT2D eigenvalue weighted by Crippen LogP contribution is -2.37. The van der Waals surface area contributed by atoms with Gasteiger partial charge in [0, 0.05) is 12.6 Å². The van der Waals surface area contributed by atoms with Crippen LogP contribution in [0.5, 0.6) is 0 Å². The number of hydrogen-bond donors (Lipinski definition) is 1. The van der Waals surface area contributed by atoms with Gasteiger partial charge in [-0.3, -0.25) is 0 Å². The number of rotatable bonds is 7. The monoisotopic (exact) mass is 213 g/mol. The average molecular weight is 213 g/mol. The lowest BCUT2D eigenvalue weighted by atomic mass is 9.91. The van der Waals surface area contributed by atoms with Crippen molar-refractivity contribution in [1.82, 2.24) is 5.32 Å². The first-order valence-electron chi connectivity index (χ1n) is 6.62. The van der Waals surface area contributed by atoms with E-state index in [0.717, 1.165) is 19.1 Å². The molecule has 0 aromatic carbocycles. The minimum absolute atomic E-state index is 0.522. The first-order chi connectivity index (χ1) is 7.27. The molecule has 1 aliphatic heterocycles. The second-order valence-corrected chi connectivity index (χ2v) is 4.80. The van der Waals surface area contributed by atoms with Crippen molar-refractivity contribution in [3.8, 4) is 0 Å². The number of ether oxygens (including phenoxy) is 1. The van der Waals surface area contributed by atoms with Crippen LogP contribution < -0.4 is 5.32 Å². The molecule has 0 radical (unpaired) electrons. The van der Waals surface area contributed by atoms with E-state index >= 15 is 0 Å². The first kappa shape index (κ1) is 13.0. The highest BCUT2D eigenvalue weighted by Crippen LogP contribution is 2.22. The molecule has 1 aliphatic rings. The maximum Gasteiger partial charge on any atom is 0.0590 e. The fraction of sp³-hybridized carbons (Fsp3) is 1.00. The number of hydrogen-bond acceptors (Lipinski definition) is 2. The highest BCUT2D eigenvalue weighted by Gasteiger charge is 2.23. The van der Waals surface area contributed by atoms with Gasteiger partial charge in [0.25, 0.3) is 0 Å². The summed E-state index contributed by atoms with van der Waals surface area (Å²) in [6, 6.07) is 0.651. The van der Waals surface area contributed by atoms with Crippen LogP contribution in [0.25, 0.3) is 0 Å². The van der Waals surface area contributed by atoms with Gasteiger partial charge in [-0.2, -0.15) is 0 Å². The molecule has 0 aliphatic carbocycles. The van der Waals surface area contributed by atoms with Gasteiger partial charge in [-0.05, 0) is 38.1 Å². The normalized spacial score (nSPS) is 25.4. The van der Waals surface area contributed by atoms with Crippen LogP contribution in [0.2, 0.25) is 0 Å². The molecule has 2 heteroatoms. The van der Waals surface area contributed by atoms with E-state index in [9.17, 15) is 0 Å². The molecule has 0 aromatic heterocycles. The average Bonchev–Trinajstić information content (AvgIpc) is 2.70. The zero-order valence-corrected chi connectivity index (χ0v) is 10.6. The summed E-state index contributed by atoms with van der Waals surface area (Å²) in [5.41, 5.74) is 0. The van der Waals surface area contributed by atoms with Crippen molar-refractivity contribution in [2.75, 3.05) is 13.2 Å². The molecular weight excluding hydrogens is 186 g/mol. The van der Waals surface area contributed by atoms with Crippen molar-refractivity contribution in [2.24, 2.45) is 5.92 Å². The lowest BCUT2D eigenvalue weighted by molar-refractivity contribution is 0.0874. The van der Waals surface area contributed by atoms with Crippen LogP contribution in [-0.2, 0) is 4.74 Å². The van der Waals surface area contributed by atoms with Crippen molar-refractivity contribution >= 4 is 0 Å². The molecule has 1 N–H and O–H groups in total. The summed E-state index contributed by atoms with van der Waals surface area (Å²) in [5, 5.41) is 3.61. The Labute approximate surface area is 94.8 Å². The topological polar surface area (TPSA) is 21.3 Å². The van der Waals surface area contributed by atoms with Gasteiger partial charge in [0.2, 0.25) is 0 Å². The maximum atomic E-state index is 5.72. The molecule has 90 valence electrons. The molecule has 0 bridgehead atoms. The third-order valence-corrected chi connectivity index (χ3v) is 3.44. The van der Waals surface area contributed by atoms with Gasteiger partial charge in [-0.25, -0.2) is 0 Å². The van der Waals surface area contributed by atoms with Gasteiger partial charge in [-0.1, -0.05) is 27.2 Å². The van der Waals surface area contributed by atoms with Crippen LogP contribution in [-0.4, -0.2) is 25.3 Å². The summed E-state index contributed by atoms with van der Waals surface area (Å²) >= 11 is 0. The van der Waals surface area contributed by atoms with Crippen LogP contribution in [0, 0.1) is 5.92 Å². The van der Waals surface area contributed by atoms with Gasteiger partial charge in [0.05, 0.1) is 6.10 Å². The SMILES string of the molecule is CCCC(C)C(CC1CCCO1)NCC. The predicted octanol–water partition coefficient (Wildman–Crippen LogP) is 2.97. The largest absolute Gasteiger partial charge is 0.378 e. The zero-order chi connectivity index (χ0) is 11.1. The Bertz CT molecular complexity index is 155. The smallest absolute Gasteiger partial charge is 0.0590 e. The molecule has 1 rings (SSSR count). The summed E-state index contributed by atoms with van der Waals surface area (Å²) in [6.45, 7) is 8.88. The van der Waals surface area contributed by atoms with E-state index < -0.39 is 0 Å². The predicted molar refractivity (Wildman–Crippen MR) is 65.1 cm³/mol. The van der Waals surface area contributed by atoms with Gasteiger partial charge in [0.15, 0.2) is 0 Å². The second-order valence-electron chi connectivity index (χ2n) is 4.80. The summed E-state index contributed by atoms with van der Waals surface area (Å²) < 4.78 is 5.72. The molecule has 2 nitrogen and oxygen atoms in total. The molecule has 1 saturated heterocycles. The maximum absolute atomic E-state index is 5.72. The van der Waals surface area contributed by atoms with E-state index in [0.29, 0.717) is 12.1 Å². The minimum Gasteiger partial charge on any atom is -0.378 e. The Morgan fingerprint density at radius 3 is 2.73 bits per heavy atom. The van der Waals surface area contributed by atoms with E-state index in [2.05, 4.69) is 26.1 Å². The molecule has 0 saturated carbocycles. The third-order valence-electron chi connectivity index (χ3n) is 3.44. The minimum atomic E-state index is 0.522. The van der Waals surface area contributed by atoms with Crippen molar-refractivity contribution in [3.63, 3.8) is 0 Å². The van der Waals surface area contributed by atoms with Crippen molar-refractivity contribution < 1.29 is 4.74 Å². The molecule has 3 atom stereocenters. The van der Waals surface area contributed by atoms with Crippen molar-refractivity contribution in [2.45, 2.75) is 65.0 Å². The van der Waals surface area contributed by atoms with Crippen molar-refractivity contribution in [3.05, 3.63) is 0 Å². The highest BCUT2D eigenvalue weighted by molar-refractivity contribution is 4.78. The number of nitrogens with one attached hydrogen (secondary N) is 1. The summed E-state index contributed by atoms with van der Waals surface area (Å²) in [7, 11) is 0. The second kappa shape index (κ2) is 7.24. The molecule has 15 heavy (non-hydrogen) atoms. The fourth-order valence-electron chi connectivity index (χ4n) is 2.55. The van der Waals surface area contributed by atoms with Crippen LogP contribution in [0.3, 0.4) is 0 Å². The summed E-state index contributed by atoms with van der Waals surface area (Å²) in [6.07, 6.45) is 6.86. The van der Waals surface area contributed by atoms with E-state index in [1.807, 2.05) is 0 Å². The molecule has 1 fully saturated rings. The van der Waals surface area contributed by atoms with E-state index in [1.54, 1.807) is 0 Å². The fourth-order valence-corrected chi connectivity index (χ4v) is 2.55. The Morgan fingerprint density at radius 2 is 2.20 bits per heavy atom. The van der Waals surface area contributed by atoms with Crippen LogP contribution >= 0.6 is 0 Å². The van der Waals surface area contributed by atoms with E-state index in [1.165, 1.54) is 32.1 Å². The standard InChI is InChI=1S/C13H27NO/c1-4-7-11(3)13(14-5-2)10-12-8-6-9-15-12/h11-14H,4-10H2,1-3H3. The van der Waals surface area contributed by atoms with Crippen LogP contribution in [0.1, 0.15) is 52.9 Å². The molecule has 1 heterocycles. The molecule has 0 spiro atoms. The summed E-state index contributed by atoms with van der Waals surface area (Å²) in [5.74, 6) is 0.777. The molecular formula is C13H27NO. The molecule has 3 unspecified atom stereocenters. The van der Waals surface area contributed by atoms with Gasteiger partial charge < -0.3 is 10.1 Å². The quantitative estimate of drug-likeness (QED) is 0.702. The zero-order valence-electron chi connectivity index (χ0n) is 10.6. The lowest BCUT2D eigenvalue weighted by Gasteiger charge is -2.26. The van der Waals surface area contributed by atoms with E-state index in [-0.39, 0.29) is 0 Å². The third kappa shape index (κ3) is 4.52. The Hall–Kier alpha value is -0.0800. The highest BCUT2D eigenvalue weighted by atomic mass is 16.5. The van der Waals surface area contributed by atoms with Crippen LogP contribution in [0.4, 0.5) is 0 Å². The molecule has 0 amide bonds. The summed E-state index contributed by atoms with van der Waals surface area (Å²) in [4.78, 5) is 0. The van der Waals surface area contributed by atoms with Crippen molar-refractivity contribution in [1.29, 1.82) is 0 Å². The first-order valence-corrected chi connectivity index (χ1v) is 6.62. The van der Waals surface area contributed by atoms with E-state index in [4.69, 9.17) is 4.74 Å². The Morgan fingerprint density at radius 1 is 1.40 bits per heavy atom. The van der Waals surface area contributed by atoms with Gasteiger partial charge in [-0.15, -0.1) is 0 Å². The Kier molecular flexibility index (Phi) is 6.26. The Balaban J connectivity index is 2.33.